The van der Waals surface area contributed by atoms with Gasteiger partial charge in [0.15, 0.2) is 10.2 Å². The molecule has 2 aromatic carbocycles. The van der Waals surface area contributed by atoms with Crippen molar-refractivity contribution in [2.45, 2.75) is 41.9 Å². The predicted octanol–water partition coefficient (Wildman–Crippen LogP) is 6.84. The molecular weight excluding hydrogens is 770 g/mol. The zero-order chi connectivity index (χ0) is 35.9. The highest BCUT2D eigenvalue weighted by atomic mass is 79.9. The van der Waals surface area contributed by atoms with Gasteiger partial charge in [-0.1, -0.05) is 35.7 Å². The SMILES string of the molecule is O=C1Cc2ccc(Nc3ncnc4[nH]c(C(=O)N5CCCCC5)c(Br)c34)cc2S1.O=C1Cc2ccc(Nc3ncnc4[nH]c(C(=O)O)cc34)cc2S1. The molecule has 0 unspecified atom stereocenters. The molecule has 3 aliphatic heterocycles. The Hall–Kier alpha value is -5.26. The summed E-state index contributed by atoms with van der Waals surface area (Å²) in [6.45, 7) is 1.56. The summed E-state index contributed by atoms with van der Waals surface area (Å²) in [5.74, 6) is 0.0347. The number of aromatic carboxylic acids is 1. The summed E-state index contributed by atoms with van der Waals surface area (Å²) in [7, 11) is 0. The van der Waals surface area contributed by atoms with E-state index in [9.17, 15) is 19.2 Å². The minimum absolute atomic E-state index is 0.0204. The molecular formula is C35H28BrN9O5S2. The summed E-state index contributed by atoms with van der Waals surface area (Å²) >= 11 is 6.09. The monoisotopic (exact) mass is 797 g/mol. The van der Waals surface area contributed by atoms with Gasteiger partial charge in [0.2, 0.25) is 0 Å². The Kier molecular flexibility index (Phi) is 9.15. The summed E-state index contributed by atoms with van der Waals surface area (Å²) in [5.41, 5.74) is 5.29. The summed E-state index contributed by atoms with van der Waals surface area (Å²) in [4.78, 5) is 73.8. The lowest BCUT2D eigenvalue weighted by molar-refractivity contribution is -0.110. The van der Waals surface area contributed by atoms with Crippen LogP contribution in [-0.2, 0) is 22.4 Å². The lowest BCUT2D eigenvalue weighted by Crippen LogP contribution is -2.35. The average molecular weight is 799 g/mol. The molecule has 0 atom stereocenters. The fourth-order valence-electron chi connectivity index (χ4n) is 6.29. The molecule has 52 heavy (non-hydrogen) atoms. The molecule has 262 valence electrons. The van der Waals surface area contributed by atoms with Gasteiger partial charge in [-0.25, -0.2) is 24.7 Å². The number of piperidine rings is 1. The molecule has 9 rings (SSSR count). The Labute approximate surface area is 312 Å². The van der Waals surface area contributed by atoms with Crippen LogP contribution in [0, 0.1) is 0 Å². The van der Waals surface area contributed by atoms with Gasteiger partial charge >= 0.3 is 5.97 Å². The van der Waals surface area contributed by atoms with Crippen LogP contribution in [0.15, 0.2) is 69.4 Å². The number of carboxylic acid groups (broad SMARTS) is 1. The van der Waals surface area contributed by atoms with Crippen LogP contribution >= 0.6 is 39.5 Å². The Morgan fingerprint density at radius 1 is 0.769 bits per heavy atom. The molecule has 7 heterocycles. The van der Waals surface area contributed by atoms with E-state index in [0.29, 0.717) is 51.3 Å². The Bertz CT molecular complexity index is 2440. The van der Waals surface area contributed by atoms with Gasteiger partial charge in [-0.3, -0.25) is 14.4 Å². The number of carboxylic acids is 1. The molecule has 0 radical (unpaired) electrons. The van der Waals surface area contributed by atoms with Crippen LogP contribution in [0.4, 0.5) is 23.0 Å². The van der Waals surface area contributed by atoms with E-state index in [1.54, 1.807) is 0 Å². The smallest absolute Gasteiger partial charge is 0.352 e. The predicted molar refractivity (Wildman–Crippen MR) is 201 cm³/mol. The van der Waals surface area contributed by atoms with E-state index in [0.717, 1.165) is 63.6 Å². The summed E-state index contributed by atoms with van der Waals surface area (Å²) < 4.78 is 0.664. The van der Waals surface area contributed by atoms with Crippen molar-refractivity contribution in [2.24, 2.45) is 0 Å². The number of hydrogen-bond acceptors (Lipinski definition) is 12. The number of H-pyrrole nitrogens is 2. The number of hydrogen-bond donors (Lipinski definition) is 5. The van der Waals surface area contributed by atoms with Crippen LogP contribution in [0.3, 0.4) is 0 Å². The fraction of sp³-hybridized carbons (Fsp3) is 0.200. The number of carbonyl (C=O) groups excluding carboxylic acids is 3. The molecule has 0 spiro atoms. The number of nitrogens with one attached hydrogen (secondary N) is 4. The van der Waals surface area contributed by atoms with Crippen LogP contribution in [-0.4, -0.2) is 75.1 Å². The van der Waals surface area contributed by atoms with E-state index in [1.807, 2.05) is 41.3 Å². The van der Waals surface area contributed by atoms with Crippen molar-refractivity contribution in [1.29, 1.82) is 0 Å². The quantitative estimate of drug-likeness (QED) is 0.118. The second-order valence-electron chi connectivity index (χ2n) is 12.3. The van der Waals surface area contributed by atoms with E-state index in [1.165, 1.54) is 48.7 Å². The molecule has 0 bridgehead atoms. The van der Waals surface area contributed by atoms with E-state index >= 15 is 0 Å². The first-order chi connectivity index (χ1) is 25.2. The molecule has 0 aliphatic carbocycles. The van der Waals surface area contributed by atoms with Crippen molar-refractivity contribution in [3.8, 4) is 0 Å². The average Bonchev–Trinajstić information content (AvgIpc) is 3.92. The minimum Gasteiger partial charge on any atom is -0.477 e. The number of amides is 1. The number of aromatic nitrogens is 6. The van der Waals surface area contributed by atoms with Crippen molar-refractivity contribution < 1.29 is 24.3 Å². The maximum atomic E-state index is 13.0. The third kappa shape index (κ3) is 6.73. The number of likely N-dealkylation sites (tertiary alicyclic amines) is 1. The number of benzene rings is 2. The summed E-state index contributed by atoms with van der Waals surface area (Å²) in [6.07, 6.45) is 7.00. The zero-order valence-corrected chi connectivity index (χ0v) is 30.4. The molecule has 6 aromatic rings. The Morgan fingerprint density at radius 3 is 2.00 bits per heavy atom. The van der Waals surface area contributed by atoms with Gasteiger partial charge in [0.1, 0.15) is 47.0 Å². The normalized spacial score (nSPS) is 15.0. The number of rotatable bonds is 6. The zero-order valence-electron chi connectivity index (χ0n) is 27.2. The maximum absolute atomic E-state index is 13.0. The first kappa shape index (κ1) is 33.9. The van der Waals surface area contributed by atoms with Gasteiger partial charge in [0, 0.05) is 47.1 Å². The molecule has 0 saturated carbocycles. The topological polar surface area (TPSA) is 199 Å². The second-order valence-corrected chi connectivity index (χ2v) is 15.3. The Morgan fingerprint density at radius 2 is 1.37 bits per heavy atom. The molecule has 1 amide bonds. The van der Waals surface area contributed by atoms with Crippen molar-refractivity contribution in [3.63, 3.8) is 0 Å². The van der Waals surface area contributed by atoms with Crippen molar-refractivity contribution in [2.75, 3.05) is 23.7 Å². The number of nitrogens with zero attached hydrogens (tertiary/aromatic N) is 5. The highest BCUT2D eigenvalue weighted by molar-refractivity contribution is 9.10. The highest BCUT2D eigenvalue weighted by Crippen LogP contribution is 2.38. The van der Waals surface area contributed by atoms with Gasteiger partial charge < -0.3 is 30.6 Å². The first-order valence-electron chi connectivity index (χ1n) is 16.3. The largest absolute Gasteiger partial charge is 0.477 e. The molecule has 5 N–H and O–H groups in total. The first-order valence-corrected chi connectivity index (χ1v) is 18.7. The molecule has 14 nitrogen and oxygen atoms in total. The maximum Gasteiger partial charge on any atom is 0.352 e. The van der Waals surface area contributed by atoms with Gasteiger partial charge in [-0.05, 0) is 76.7 Å². The van der Waals surface area contributed by atoms with Crippen LogP contribution in [0.5, 0.6) is 0 Å². The number of fused-ring (bicyclic) bond motifs is 4. The van der Waals surface area contributed by atoms with E-state index < -0.39 is 5.97 Å². The lowest BCUT2D eigenvalue weighted by atomic mass is 10.1. The standard InChI is InChI=1S/C20H18BrN5O2S.C15H10N4O3S/c21-16-15-18(24-12-5-4-11-8-14(27)29-13(11)9-12)22-10-23-19(15)25-17(16)20(28)26-6-2-1-3-7-26;20-12-3-7-1-2-8(4-11(7)23-12)18-13-9-5-10(15(21)22)19-14(9)17-6-16-13/h4-5,9-10H,1-3,6-8H2,(H2,22,23,24,25);1-2,4-6H,3H2,(H,21,22)(H2,16,17,18,19). The number of halogens is 1. The van der Waals surface area contributed by atoms with Gasteiger partial charge in [-0.2, -0.15) is 0 Å². The number of aromatic amines is 2. The van der Waals surface area contributed by atoms with Crippen molar-refractivity contribution in [1.82, 2.24) is 34.8 Å². The van der Waals surface area contributed by atoms with E-state index in [2.05, 4.69) is 56.5 Å². The van der Waals surface area contributed by atoms with Gasteiger partial charge in [0.25, 0.3) is 5.91 Å². The second kappa shape index (κ2) is 14.0. The van der Waals surface area contributed by atoms with Crippen LogP contribution in [0.1, 0.15) is 51.4 Å². The lowest BCUT2D eigenvalue weighted by Gasteiger charge is -2.26. The van der Waals surface area contributed by atoms with E-state index in [-0.39, 0.29) is 21.8 Å². The van der Waals surface area contributed by atoms with E-state index in [4.69, 9.17) is 5.11 Å². The minimum atomic E-state index is -1.05. The number of anilines is 4. The van der Waals surface area contributed by atoms with Crippen molar-refractivity contribution in [3.05, 3.63) is 82.1 Å². The van der Waals surface area contributed by atoms with Gasteiger partial charge in [-0.15, -0.1) is 0 Å². The Balaban J connectivity index is 0.000000153. The summed E-state index contributed by atoms with van der Waals surface area (Å²) in [5, 5.41) is 17.2. The molecule has 4 aromatic heterocycles. The third-order valence-corrected chi connectivity index (χ3v) is 11.6. The van der Waals surface area contributed by atoms with Gasteiger partial charge in [0.05, 0.1) is 15.2 Å². The summed E-state index contributed by atoms with van der Waals surface area (Å²) in [6, 6.07) is 13.0. The molecule has 17 heteroatoms. The van der Waals surface area contributed by atoms with Crippen LogP contribution in [0.2, 0.25) is 0 Å². The third-order valence-electron chi connectivity index (χ3n) is 8.82. The molecule has 1 fully saturated rings. The molecule has 3 aliphatic rings. The highest BCUT2D eigenvalue weighted by Gasteiger charge is 2.26. The fourth-order valence-corrected chi connectivity index (χ4v) is 8.79. The van der Waals surface area contributed by atoms with Crippen LogP contribution in [0.25, 0.3) is 22.1 Å². The number of carbonyl (C=O) groups is 4. The number of thioether (sulfide) groups is 2. The molecule has 1 saturated heterocycles. The van der Waals surface area contributed by atoms with Crippen LogP contribution < -0.4 is 10.6 Å². The van der Waals surface area contributed by atoms with Crippen molar-refractivity contribution >= 4 is 107 Å².